The van der Waals surface area contributed by atoms with Gasteiger partial charge in [0, 0.05) is 6.04 Å². The summed E-state index contributed by atoms with van der Waals surface area (Å²) in [6, 6.07) is 7.56. The van der Waals surface area contributed by atoms with Crippen LogP contribution in [0, 0.1) is 0 Å². The summed E-state index contributed by atoms with van der Waals surface area (Å²) in [5.74, 6) is -1.27. The molecule has 0 heterocycles. The summed E-state index contributed by atoms with van der Waals surface area (Å²) < 4.78 is 0. The van der Waals surface area contributed by atoms with Crippen molar-refractivity contribution in [3.05, 3.63) is 35.9 Å². The van der Waals surface area contributed by atoms with Gasteiger partial charge < -0.3 is 20.8 Å². The summed E-state index contributed by atoms with van der Waals surface area (Å²) in [5.41, 5.74) is 1.07. The number of aliphatic hydroxyl groups excluding tert-OH is 1. The number of carboxylic acid groups (broad SMARTS) is 1. The summed E-state index contributed by atoms with van der Waals surface area (Å²) in [6.45, 7) is 3.14. The highest BCUT2D eigenvalue weighted by atomic mass is 16.4. The van der Waals surface area contributed by atoms with E-state index >= 15 is 0 Å². The summed E-state index contributed by atoms with van der Waals surface area (Å²) >= 11 is 0. The van der Waals surface area contributed by atoms with Gasteiger partial charge in [0.15, 0.2) is 6.04 Å². The molecule has 0 aliphatic carbocycles. The molecule has 2 amide bonds. The van der Waals surface area contributed by atoms with E-state index in [1.54, 1.807) is 0 Å². The number of urea groups is 1. The highest BCUT2D eigenvalue weighted by Gasteiger charge is 2.25. The van der Waals surface area contributed by atoms with Gasteiger partial charge in [-0.3, -0.25) is 0 Å². The van der Waals surface area contributed by atoms with Gasteiger partial charge in [0.1, 0.15) is 0 Å². The first-order valence-electron chi connectivity index (χ1n) is 6.42. The van der Waals surface area contributed by atoms with Crippen molar-refractivity contribution < 1.29 is 19.8 Å². The Kier molecular flexibility index (Phi) is 5.99. The maximum atomic E-state index is 11.7. The predicted molar refractivity (Wildman–Crippen MR) is 74.4 cm³/mol. The van der Waals surface area contributed by atoms with Gasteiger partial charge >= 0.3 is 12.0 Å². The molecular weight excluding hydrogens is 260 g/mol. The van der Waals surface area contributed by atoms with Crippen LogP contribution in [0.5, 0.6) is 0 Å². The molecule has 110 valence electrons. The van der Waals surface area contributed by atoms with Gasteiger partial charge in [0.25, 0.3) is 0 Å². The van der Waals surface area contributed by atoms with E-state index in [0.717, 1.165) is 5.56 Å². The molecule has 4 N–H and O–H groups in total. The van der Waals surface area contributed by atoms with Crippen LogP contribution in [0.4, 0.5) is 4.79 Å². The molecule has 1 aromatic rings. The molecule has 0 aromatic heterocycles. The lowest BCUT2D eigenvalue weighted by atomic mass is 10.1. The van der Waals surface area contributed by atoms with Crippen LogP contribution in [-0.4, -0.2) is 40.4 Å². The third-order valence-corrected chi connectivity index (χ3v) is 2.80. The van der Waals surface area contributed by atoms with Crippen molar-refractivity contribution in [3.63, 3.8) is 0 Å². The molecular formula is C14H20N2O4. The maximum absolute atomic E-state index is 11.7. The van der Waals surface area contributed by atoms with E-state index in [1.807, 2.05) is 37.3 Å². The van der Waals surface area contributed by atoms with E-state index in [2.05, 4.69) is 10.6 Å². The first-order chi connectivity index (χ1) is 9.40. The smallest absolute Gasteiger partial charge is 0.328 e. The number of carbonyl (C=O) groups is 2. The molecule has 0 saturated carbocycles. The van der Waals surface area contributed by atoms with Crippen molar-refractivity contribution >= 4 is 12.0 Å². The van der Waals surface area contributed by atoms with Crippen LogP contribution in [-0.2, 0) is 11.2 Å². The molecule has 0 bridgehead atoms. The quantitative estimate of drug-likeness (QED) is 0.618. The minimum absolute atomic E-state index is 0.152. The van der Waals surface area contributed by atoms with Crippen LogP contribution in [0.1, 0.15) is 19.4 Å². The largest absolute Gasteiger partial charge is 0.480 e. The van der Waals surface area contributed by atoms with Gasteiger partial charge in [-0.25, -0.2) is 9.59 Å². The molecule has 0 spiro atoms. The van der Waals surface area contributed by atoms with E-state index in [4.69, 9.17) is 5.11 Å². The minimum Gasteiger partial charge on any atom is -0.480 e. The number of aliphatic carboxylic acids is 1. The second-order valence-electron chi connectivity index (χ2n) is 4.77. The van der Waals surface area contributed by atoms with Crippen molar-refractivity contribution in [1.29, 1.82) is 0 Å². The molecule has 1 aromatic carbocycles. The van der Waals surface area contributed by atoms with Crippen molar-refractivity contribution in [3.8, 4) is 0 Å². The number of carbonyl (C=O) groups excluding carboxylic acids is 1. The Labute approximate surface area is 117 Å². The molecule has 3 unspecified atom stereocenters. The summed E-state index contributed by atoms with van der Waals surface area (Å²) in [4.78, 5) is 22.5. The Morgan fingerprint density at radius 1 is 1.15 bits per heavy atom. The van der Waals surface area contributed by atoms with Gasteiger partial charge in [0.2, 0.25) is 0 Å². The normalized spacial score (nSPS) is 14.9. The zero-order valence-electron chi connectivity index (χ0n) is 11.5. The predicted octanol–water partition coefficient (Wildman–Crippen LogP) is 0.751. The van der Waals surface area contributed by atoms with E-state index in [-0.39, 0.29) is 6.04 Å². The fraction of sp³-hybridized carbons (Fsp3) is 0.429. The van der Waals surface area contributed by atoms with E-state index in [9.17, 15) is 14.7 Å². The zero-order chi connectivity index (χ0) is 15.1. The fourth-order valence-electron chi connectivity index (χ4n) is 1.81. The molecule has 0 aliphatic heterocycles. The SMILES string of the molecule is CC(Cc1ccccc1)NC(=O)NC(C(=O)O)C(C)O. The Hall–Kier alpha value is -2.08. The maximum Gasteiger partial charge on any atom is 0.328 e. The molecule has 0 saturated heterocycles. The number of benzene rings is 1. The fourth-order valence-corrected chi connectivity index (χ4v) is 1.81. The highest BCUT2D eigenvalue weighted by molar-refractivity contribution is 5.83. The molecule has 20 heavy (non-hydrogen) atoms. The molecule has 0 aliphatic rings. The summed E-state index contributed by atoms with van der Waals surface area (Å²) in [5, 5.41) is 23.0. The van der Waals surface area contributed by atoms with Crippen molar-refractivity contribution in [2.45, 2.75) is 38.5 Å². The van der Waals surface area contributed by atoms with Gasteiger partial charge in [-0.15, -0.1) is 0 Å². The first-order valence-corrected chi connectivity index (χ1v) is 6.42. The monoisotopic (exact) mass is 280 g/mol. The number of amides is 2. The molecule has 6 heteroatoms. The van der Waals surface area contributed by atoms with Gasteiger partial charge in [-0.2, -0.15) is 0 Å². The second kappa shape index (κ2) is 7.49. The molecule has 3 atom stereocenters. The Morgan fingerprint density at radius 2 is 1.75 bits per heavy atom. The Bertz CT molecular complexity index is 448. The average molecular weight is 280 g/mol. The van der Waals surface area contributed by atoms with Gasteiger partial charge in [0.05, 0.1) is 6.10 Å². The average Bonchev–Trinajstić information content (AvgIpc) is 2.36. The second-order valence-corrected chi connectivity index (χ2v) is 4.77. The lowest BCUT2D eigenvalue weighted by molar-refractivity contribution is -0.141. The third-order valence-electron chi connectivity index (χ3n) is 2.80. The number of carboxylic acids is 1. The topological polar surface area (TPSA) is 98.7 Å². The van der Waals surface area contributed by atoms with E-state index in [0.29, 0.717) is 6.42 Å². The minimum atomic E-state index is -1.32. The standard InChI is InChI=1S/C14H20N2O4/c1-9(8-11-6-4-3-5-7-11)15-14(20)16-12(10(2)17)13(18)19/h3-7,9-10,12,17H,8H2,1-2H3,(H,18,19)(H2,15,16,20). The highest BCUT2D eigenvalue weighted by Crippen LogP contribution is 2.02. The number of hydrogen-bond donors (Lipinski definition) is 4. The van der Waals surface area contributed by atoms with Gasteiger partial charge in [-0.1, -0.05) is 30.3 Å². The number of rotatable bonds is 6. The summed E-state index contributed by atoms with van der Waals surface area (Å²) in [6.07, 6.45) is -0.525. The molecule has 0 fully saturated rings. The van der Waals surface area contributed by atoms with E-state index in [1.165, 1.54) is 6.92 Å². The number of hydrogen-bond acceptors (Lipinski definition) is 3. The van der Waals surface area contributed by atoms with Crippen LogP contribution < -0.4 is 10.6 Å². The van der Waals surface area contributed by atoms with Crippen LogP contribution in [0.3, 0.4) is 0 Å². The third kappa shape index (κ3) is 5.27. The van der Waals surface area contributed by atoms with Crippen LogP contribution >= 0.6 is 0 Å². The number of nitrogens with one attached hydrogen (secondary N) is 2. The van der Waals surface area contributed by atoms with Crippen LogP contribution in [0.25, 0.3) is 0 Å². The Balaban J connectivity index is 2.47. The lowest BCUT2D eigenvalue weighted by Gasteiger charge is -2.20. The zero-order valence-corrected chi connectivity index (χ0v) is 11.5. The van der Waals surface area contributed by atoms with Crippen molar-refractivity contribution in [2.24, 2.45) is 0 Å². The van der Waals surface area contributed by atoms with Crippen molar-refractivity contribution in [1.82, 2.24) is 10.6 Å². The molecule has 0 radical (unpaired) electrons. The van der Waals surface area contributed by atoms with Gasteiger partial charge in [-0.05, 0) is 25.8 Å². The Morgan fingerprint density at radius 3 is 2.25 bits per heavy atom. The molecule has 1 rings (SSSR count). The van der Waals surface area contributed by atoms with E-state index < -0.39 is 24.1 Å². The lowest BCUT2D eigenvalue weighted by Crippen LogP contribution is -2.52. The van der Waals surface area contributed by atoms with Crippen LogP contribution in [0.15, 0.2) is 30.3 Å². The summed E-state index contributed by atoms with van der Waals surface area (Å²) in [7, 11) is 0. The van der Waals surface area contributed by atoms with Crippen molar-refractivity contribution in [2.75, 3.05) is 0 Å². The first kappa shape index (κ1) is 16.0. The number of aliphatic hydroxyl groups is 1. The molecule has 6 nitrogen and oxygen atoms in total. The van der Waals surface area contributed by atoms with Crippen LogP contribution in [0.2, 0.25) is 0 Å².